The highest BCUT2D eigenvalue weighted by atomic mass is 79.9. The second-order valence-electron chi connectivity index (χ2n) is 9.31. The van der Waals surface area contributed by atoms with Crippen LogP contribution in [0.3, 0.4) is 0 Å². The highest BCUT2D eigenvalue weighted by Gasteiger charge is 2.58. The number of halogens is 2. The van der Waals surface area contributed by atoms with Crippen molar-refractivity contribution in [1.82, 2.24) is 11.0 Å². The van der Waals surface area contributed by atoms with Crippen LogP contribution in [0, 0.1) is 0 Å². The van der Waals surface area contributed by atoms with Crippen LogP contribution in [-0.4, -0.2) is 84.0 Å². The molecule has 2 unspecified atom stereocenters. The molecular formula is C28H34Br2N8O8. The maximum absolute atomic E-state index is 12.9. The van der Waals surface area contributed by atoms with Crippen LogP contribution in [0.15, 0.2) is 78.0 Å². The third kappa shape index (κ3) is 6.91. The minimum absolute atomic E-state index is 0.00582. The summed E-state index contributed by atoms with van der Waals surface area (Å²) in [6.45, 7) is 7.10. The van der Waals surface area contributed by atoms with Crippen molar-refractivity contribution < 1.29 is 39.2 Å². The summed E-state index contributed by atoms with van der Waals surface area (Å²) < 4.78 is 12.6. The van der Waals surface area contributed by atoms with Gasteiger partial charge in [-0.15, -0.1) is 10.2 Å². The monoisotopic (exact) mass is 768 g/mol. The molecule has 18 heteroatoms. The molecular weight excluding hydrogens is 736 g/mol. The first-order valence-electron chi connectivity index (χ1n) is 13.6. The fourth-order valence-corrected chi connectivity index (χ4v) is 4.90. The number of oxime groups is 2. The standard InChI is InChI=1S/2C14H17BrN4O4/c2*1-4-23-12-14(18-21,9(2)17-22-3)13(20)19(16-12)11-7-5-10(15)6-8-11/h2*5-8,18,21H,4H2,1-3H3/b2*17-9+. The van der Waals surface area contributed by atoms with Crippen molar-refractivity contribution >= 4 is 78.3 Å². The van der Waals surface area contributed by atoms with Gasteiger partial charge < -0.3 is 29.6 Å². The largest absolute Gasteiger partial charge is 0.478 e. The highest BCUT2D eigenvalue weighted by molar-refractivity contribution is 9.10. The Labute approximate surface area is 281 Å². The van der Waals surface area contributed by atoms with Crippen molar-refractivity contribution in [3.05, 3.63) is 57.5 Å². The van der Waals surface area contributed by atoms with E-state index in [1.165, 1.54) is 28.1 Å². The Hall–Kier alpha value is -3.94. The Morgan fingerprint density at radius 3 is 1.33 bits per heavy atom. The maximum atomic E-state index is 12.9. The van der Waals surface area contributed by atoms with Gasteiger partial charge in [0.25, 0.3) is 11.8 Å². The molecule has 0 fully saturated rings. The molecule has 2 heterocycles. The molecule has 2 aromatic carbocycles. The number of carbonyl (C=O) groups excluding carboxylic acids is 2. The van der Waals surface area contributed by atoms with Crippen molar-refractivity contribution in [1.29, 1.82) is 0 Å². The normalized spacial score (nSPS) is 21.4. The van der Waals surface area contributed by atoms with Crippen LogP contribution in [0.4, 0.5) is 11.4 Å². The Balaban J connectivity index is 0.000000250. The number of hydrogen-bond acceptors (Lipinski definition) is 14. The van der Waals surface area contributed by atoms with E-state index in [-0.39, 0.29) is 36.4 Å². The molecule has 2 amide bonds. The summed E-state index contributed by atoms with van der Waals surface area (Å²) in [4.78, 5) is 35.3. The van der Waals surface area contributed by atoms with E-state index in [0.29, 0.717) is 11.4 Å². The maximum Gasteiger partial charge on any atom is 0.285 e. The minimum atomic E-state index is -1.72. The molecule has 2 atom stereocenters. The smallest absolute Gasteiger partial charge is 0.285 e. The molecule has 2 aromatic rings. The lowest BCUT2D eigenvalue weighted by molar-refractivity contribution is -0.123. The van der Waals surface area contributed by atoms with Gasteiger partial charge in [-0.2, -0.15) is 21.0 Å². The van der Waals surface area contributed by atoms with Gasteiger partial charge in [0.15, 0.2) is 0 Å². The summed E-state index contributed by atoms with van der Waals surface area (Å²) in [6, 6.07) is 14.0. The Morgan fingerprint density at radius 1 is 0.739 bits per heavy atom. The van der Waals surface area contributed by atoms with E-state index in [1.54, 1.807) is 62.4 Å². The molecule has 0 aliphatic carbocycles. The first-order chi connectivity index (χ1) is 22.0. The lowest BCUT2D eigenvalue weighted by atomic mass is 9.94. The van der Waals surface area contributed by atoms with Crippen LogP contribution >= 0.6 is 31.9 Å². The van der Waals surface area contributed by atoms with Crippen LogP contribution in [0.25, 0.3) is 0 Å². The highest BCUT2D eigenvalue weighted by Crippen LogP contribution is 2.31. The van der Waals surface area contributed by atoms with Gasteiger partial charge in [-0.25, -0.2) is 0 Å². The van der Waals surface area contributed by atoms with Crippen LogP contribution in [0.5, 0.6) is 0 Å². The summed E-state index contributed by atoms with van der Waals surface area (Å²) in [7, 11) is 2.69. The predicted octanol–water partition coefficient (Wildman–Crippen LogP) is 3.77. The molecule has 4 rings (SSSR count). The van der Waals surface area contributed by atoms with Crippen LogP contribution < -0.4 is 21.0 Å². The summed E-state index contributed by atoms with van der Waals surface area (Å²) in [5, 5.41) is 37.6. The first-order valence-corrected chi connectivity index (χ1v) is 15.2. The zero-order valence-electron chi connectivity index (χ0n) is 25.8. The molecule has 248 valence electrons. The van der Waals surface area contributed by atoms with Crippen LogP contribution in [0.2, 0.25) is 0 Å². The number of amides is 2. The van der Waals surface area contributed by atoms with Gasteiger partial charge in [0.2, 0.25) is 22.9 Å². The molecule has 0 bridgehead atoms. The first kappa shape index (κ1) is 36.5. The van der Waals surface area contributed by atoms with Crippen LogP contribution in [0.1, 0.15) is 27.7 Å². The van der Waals surface area contributed by atoms with Gasteiger partial charge in [0, 0.05) is 8.95 Å². The molecule has 2 aliphatic rings. The molecule has 0 saturated carbocycles. The number of carbonyl (C=O) groups is 2. The molecule has 4 N–H and O–H groups in total. The lowest BCUT2D eigenvalue weighted by Gasteiger charge is -2.25. The number of nitrogens with one attached hydrogen (secondary N) is 2. The van der Waals surface area contributed by atoms with Crippen molar-refractivity contribution in [2.45, 2.75) is 38.8 Å². The summed E-state index contributed by atoms with van der Waals surface area (Å²) in [5.74, 6) is -1.12. The molecule has 0 aromatic heterocycles. The van der Waals surface area contributed by atoms with Crippen molar-refractivity contribution in [3.63, 3.8) is 0 Å². The van der Waals surface area contributed by atoms with E-state index in [0.717, 1.165) is 19.0 Å². The van der Waals surface area contributed by atoms with Gasteiger partial charge in [-0.3, -0.25) is 9.59 Å². The van der Waals surface area contributed by atoms with Crippen molar-refractivity contribution in [3.8, 4) is 0 Å². The van der Waals surface area contributed by atoms with Gasteiger partial charge in [0.1, 0.15) is 14.2 Å². The average molecular weight is 770 g/mol. The number of ether oxygens (including phenoxy) is 2. The number of benzene rings is 2. The van der Waals surface area contributed by atoms with E-state index >= 15 is 0 Å². The molecule has 0 spiro atoms. The van der Waals surface area contributed by atoms with E-state index in [4.69, 9.17) is 19.1 Å². The Bertz CT molecular complexity index is 1410. The zero-order chi connectivity index (χ0) is 34.1. The third-order valence-electron chi connectivity index (χ3n) is 6.63. The Kier molecular flexibility index (Phi) is 12.8. The predicted molar refractivity (Wildman–Crippen MR) is 177 cm³/mol. The van der Waals surface area contributed by atoms with Gasteiger partial charge in [-0.05, 0) is 76.2 Å². The van der Waals surface area contributed by atoms with E-state index < -0.39 is 22.9 Å². The molecule has 16 nitrogen and oxygen atoms in total. The number of anilines is 2. The number of hydrogen-bond donors (Lipinski definition) is 4. The van der Waals surface area contributed by atoms with Gasteiger partial charge in [-0.1, -0.05) is 42.2 Å². The summed E-state index contributed by atoms with van der Waals surface area (Å²) >= 11 is 6.67. The summed E-state index contributed by atoms with van der Waals surface area (Å²) in [6.07, 6.45) is 0. The lowest BCUT2D eigenvalue weighted by Crippen LogP contribution is -2.62. The van der Waals surface area contributed by atoms with Crippen LogP contribution in [-0.2, 0) is 28.7 Å². The van der Waals surface area contributed by atoms with Gasteiger partial charge >= 0.3 is 0 Å². The third-order valence-corrected chi connectivity index (χ3v) is 7.69. The summed E-state index contributed by atoms with van der Waals surface area (Å²) in [5.41, 5.74) is 1.92. The molecule has 46 heavy (non-hydrogen) atoms. The zero-order valence-corrected chi connectivity index (χ0v) is 29.0. The minimum Gasteiger partial charge on any atom is -0.478 e. The second-order valence-corrected chi connectivity index (χ2v) is 11.1. The van der Waals surface area contributed by atoms with E-state index in [9.17, 15) is 20.0 Å². The number of hydrazone groups is 2. The van der Waals surface area contributed by atoms with Gasteiger partial charge in [0.05, 0.1) is 36.0 Å². The Morgan fingerprint density at radius 2 is 1.07 bits per heavy atom. The molecule has 0 saturated heterocycles. The number of rotatable bonds is 10. The average Bonchev–Trinajstić information content (AvgIpc) is 3.49. The fourth-order valence-electron chi connectivity index (χ4n) is 4.37. The second kappa shape index (κ2) is 16.1. The van der Waals surface area contributed by atoms with E-state index in [1.807, 2.05) is 11.0 Å². The van der Waals surface area contributed by atoms with Crippen molar-refractivity contribution in [2.24, 2.45) is 20.5 Å². The van der Waals surface area contributed by atoms with E-state index in [2.05, 4.69) is 52.4 Å². The quantitative estimate of drug-likeness (QED) is 0.204. The van der Waals surface area contributed by atoms with Crippen molar-refractivity contribution in [2.75, 3.05) is 37.5 Å². The topological polar surface area (TPSA) is 191 Å². The fraction of sp³-hybridized carbons (Fsp3) is 0.357. The molecule has 2 aliphatic heterocycles. The number of hydroxylamine groups is 2. The molecule has 0 radical (unpaired) electrons. The number of nitrogens with zero attached hydrogens (tertiary/aromatic N) is 6. The SMILES string of the molecule is CCOC1=NN(c2ccc(Br)cc2)C(=O)C1(NO)/C(C)=N/OC.CCOC1=NN(c2ccc(Br)cc2)C(=O)C1(NO)/C(C)=N/OC.